The number of fused-ring (bicyclic) bond motifs is 10. The van der Waals surface area contributed by atoms with E-state index in [-0.39, 0.29) is 34.0 Å². The van der Waals surface area contributed by atoms with E-state index in [2.05, 4.69) is 372 Å². The first kappa shape index (κ1) is 90.1. The molecule has 4 aliphatic heterocycles. The second-order valence-corrected chi connectivity index (χ2v) is 37.7. The van der Waals surface area contributed by atoms with Crippen LogP contribution in [0.25, 0.3) is 77.2 Å². The first-order valence-corrected chi connectivity index (χ1v) is 48.6. The Morgan fingerprint density at radius 2 is 0.679 bits per heavy atom. The van der Waals surface area contributed by atoms with Crippen molar-refractivity contribution < 1.29 is 14.8 Å². The Labute approximate surface area is 840 Å². The minimum Gasteiger partial charge on any atom is -0.398 e. The van der Waals surface area contributed by atoms with Gasteiger partial charge in [0.05, 0.1) is 99.3 Å². The van der Waals surface area contributed by atoms with Crippen molar-refractivity contribution in [2.75, 3.05) is 30.7 Å². The molecule has 19 nitrogen and oxygen atoms in total. The van der Waals surface area contributed by atoms with E-state index >= 15 is 0 Å². The average molecular weight is 2090 g/mol. The third kappa shape index (κ3) is 17.2. The predicted molar refractivity (Wildman–Crippen MR) is 582 cm³/mol. The number of nitrogens with two attached hydrogens (primary N) is 1. The van der Waals surface area contributed by atoms with Crippen molar-refractivity contribution in [1.29, 1.82) is 0 Å². The number of hydrogen-bond donors (Lipinski definition) is 2. The van der Waals surface area contributed by atoms with E-state index < -0.39 is 9.85 Å². The average Bonchev–Trinajstić information content (AvgIpc) is 1.51. The molecule has 0 spiro atoms. The summed E-state index contributed by atoms with van der Waals surface area (Å²) >= 11 is 14.2. The highest BCUT2D eigenvalue weighted by Crippen LogP contribution is 2.55. The highest BCUT2D eigenvalue weighted by Gasteiger charge is 2.35. The minimum absolute atomic E-state index is 0.0515. The summed E-state index contributed by atoms with van der Waals surface area (Å²) in [6.45, 7) is 4.16. The Kier molecular flexibility index (Phi) is 24.8. The number of benzene rings is 19. The topological polar surface area (TPSA) is 216 Å². The lowest BCUT2D eigenvalue weighted by molar-refractivity contribution is -0.395. The maximum atomic E-state index is 11.5. The fourth-order valence-corrected chi connectivity index (χ4v) is 21.1. The van der Waals surface area contributed by atoms with Crippen LogP contribution in [0.15, 0.2) is 430 Å². The molecule has 19 aromatic carbocycles. The summed E-state index contributed by atoms with van der Waals surface area (Å²) in [5.41, 5.74) is 38.3. The number of halogens is 4. The van der Waals surface area contributed by atoms with Gasteiger partial charge in [-0.05, 0) is 250 Å². The number of nitro groups is 3. The Balaban J connectivity index is 0.000000107. The van der Waals surface area contributed by atoms with Crippen LogP contribution in [0.3, 0.4) is 0 Å². The molecule has 0 saturated heterocycles. The van der Waals surface area contributed by atoms with Gasteiger partial charge in [0.1, 0.15) is 17.2 Å². The van der Waals surface area contributed by atoms with Crippen LogP contribution in [-0.4, -0.2) is 33.9 Å². The summed E-state index contributed by atoms with van der Waals surface area (Å²) in [4.78, 5) is 51.5. The SMILES string of the molecule is Cc1nc2cccc3c2n1-c1ccc(-c2c4ccccc4c(-c4ccccc4)c4ccccc24)cc1N3c1ccccc1.Cc1nc2cccc3c2n1-c1ccc(Br)cc1N3c1ccccc1.Nc1cccc2c1Cc1ccc(Br)cc1N2c1ccccc1.O=[N+]([O-])c1cccc([N+](=O)[O-])c1Cc1ccc(Br)cc1Nc1ccccc1.O=[N+]([O-])c1cccc2c1Cc1ccc(Br)cc1N2c1ccccc1. The molecule has 140 heavy (non-hydrogen) atoms. The van der Waals surface area contributed by atoms with Crippen LogP contribution in [0.5, 0.6) is 0 Å². The summed E-state index contributed by atoms with van der Waals surface area (Å²) in [7, 11) is 0. The Morgan fingerprint density at radius 3 is 1.16 bits per heavy atom. The lowest BCUT2D eigenvalue weighted by Gasteiger charge is -2.34. The maximum Gasteiger partial charge on any atom is 0.279 e. The van der Waals surface area contributed by atoms with Gasteiger partial charge in [0, 0.05) is 101 Å². The van der Waals surface area contributed by atoms with Gasteiger partial charge in [0.15, 0.2) is 0 Å². The number of aryl methyl sites for hydroxylation is 2. The quantitative estimate of drug-likeness (QED) is 0.0475. The third-order valence-electron chi connectivity index (χ3n) is 25.7. The number of nitrogen functional groups attached to an aromatic ring is 1. The molecule has 6 heterocycles. The molecule has 3 N–H and O–H groups in total. The summed E-state index contributed by atoms with van der Waals surface area (Å²) < 4.78 is 8.53. The van der Waals surface area contributed by atoms with Crippen molar-refractivity contribution in [3.8, 4) is 33.6 Å². The van der Waals surface area contributed by atoms with Gasteiger partial charge >= 0.3 is 0 Å². The molecule has 4 aliphatic rings. The number of rotatable bonds is 13. The molecule has 0 saturated carbocycles. The summed E-state index contributed by atoms with van der Waals surface area (Å²) in [6, 6.07) is 139. The Morgan fingerprint density at radius 1 is 0.321 bits per heavy atom. The summed E-state index contributed by atoms with van der Waals surface area (Å²) in [5, 5.41) is 42.5. The first-order valence-electron chi connectivity index (χ1n) is 45.4. The molecular weight excluding hydrogens is 2000 g/mol. The van der Waals surface area contributed by atoms with Crippen molar-refractivity contribution in [3.63, 3.8) is 0 Å². The smallest absolute Gasteiger partial charge is 0.279 e. The maximum absolute atomic E-state index is 11.5. The lowest BCUT2D eigenvalue weighted by Crippen LogP contribution is -2.19. The zero-order valence-corrected chi connectivity index (χ0v) is 81.7. The number of para-hydroxylation sites is 7. The van der Waals surface area contributed by atoms with Crippen molar-refractivity contribution in [1.82, 2.24) is 19.1 Å². The van der Waals surface area contributed by atoms with Gasteiger partial charge in [0.25, 0.3) is 17.1 Å². The Bertz CT molecular complexity index is 8340. The molecule has 21 aromatic rings. The molecule has 25 rings (SSSR count). The van der Waals surface area contributed by atoms with Gasteiger partial charge in [0.2, 0.25) is 0 Å². The standard InChI is InChI=1S/C40H27N3.C20H14BrN3.C19H14BrN3O4.C19H13BrN2O2.C19H15BrN2/c1-26-41-34-21-12-22-36-40(34)42(26)35-24-23-28(25-37(35)43(36)29-15-6-3-7-16-29)39-32-19-10-8-17-30(32)38(27-13-4-2-5-14-27)31-18-9-11-20-33(31)39;1-13-22-16-8-5-9-18-20(16)23(13)17-11-10-14(21)12-19(17)24(18)15-6-3-2-4-7-15;20-14-10-9-13(17(12-14)21-15-5-2-1-3-6-15)11-16-18(22(24)25)7-4-8-19(16)23(26)27;20-14-10-9-13-11-16-17(7-4-8-18(16)22(23)24)21(19(13)12-14)15-5-2-1-3-6-15;20-14-10-9-13-11-16-17(21)7-4-8-18(16)22(19(13)12-14)15-5-2-1-3-6-15/h2-25H,1H3;2-12H,1H3;1-10,12,21H,11H2;1-10,12H,11H2;1-10,12H,11,21H2. The first-order chi connectivity index (χ1) is 68.4. The van der Waals surface area contributed by atoms with E-state index in [0.717, 1.165) is 154 Å². The van der Waals surface area contributed by atoms with Crippen LogP contribution in [0.4, 0.5) is 102 Å². The predicted octanol–water partition coefficient (Wildman–Crippen LogP) is 33.4. The van der Waals surface area contributed by atoms with Crippen molar-refractivity contribution in [2.45, 2.75) is 33.1 Å². The monoisotopic (exact) mass is 2080 g/mol. The fourth-order valence-electron chi connectivity index (χ4n) is 19.7. The molecule has 0 radical (unpaired) electrons. The van der Waals surface area contributed by atoms with Gasteiger partial charge in [-0.1, -0.05) is 282 Å². The van der Waals surface area contributed by atoms with Gasteiger partial charge in [-0.3, -0.25) is 39.5 Å². The van der Waals surface area contributed by atoms with Crippen LogP contribution >= 0.6 is 63.7 Å². The molecule has 0 atom stereocenters. The zero-order valence-electron chi connectivity index (χ0n) is 75.3. The van der Waals surface area contributed by atoms with Crippen molar-refractivity contribution in [3.05, 3.63) is 506 Å². The van der Waals surface area contributed by atoms with Gasteiger partial charge in [-0.2, -0.15) is 0 Å². The second kappa shape index (κ2) is 38.6. The summed E-state index contributed by atoms with van der Waals surface area (Å²) in [5.74, 6) is 2.00. The molecule has 0 aliphatic carbocycles. The van der Waals surface area contributed by atoms with Crippen LogP contribution in [-0.2, 0) is 19.3 Å². The van der Waals surface area contributed by atoms with Gasteiger partial charge in [-0.25, -0.2) is 9.97 Å². The highest BCUT2D eigenvalue weighted by atomic mass is 79.9. The van der Waals surface area contributed by atoms with E-state index in [4.69, 9.17) is 15.7 Å². The lowest BCUT2D eigenvalue weighted by atomic mass is 9.85. The molecule has 0 bridgehead atoms. The van der Waals surface area contributed by atoms with Crippen molar-refractivity contribution in [2.24, 2.45) is 0 Å². The number of nitrogens with zero attached hydrogens (tertiary/aromatic N) is 11. The zero-order chi connectivity index (χ0) is 95.9. The Hall–Kier alpha value is -16.4. The molecule has 680 valence electrons. The van der Waals surface area contributed by atoms with Crippen LogP contribution < -0.4 is 30.7 Å². The second-order valence-electron chi connectivity index (χ2n) is 34.0. The van der Waals surface area contributed by atoms with Crippen LogP contribution in [0.1, 0.15) is 45.0 Å². The van der Waals surface area contributed by atoms with Gasteiger partial charge in [-0.15, -0.1) is 0 Å². The minimum atomic E-state index is -0.592. The van der Waals surface area contributed by atoms with E-state index in [0.29, 0.717) is 17.7 Å². The highest BCUT2D eigenvalue weighted by molar-refractivity contribution is 9.11. The largest absolute Gasteiger partial charge is 0.398 e. The molecule has 0 amide bonds. The molecule has 0 fully saturated rings. The van der Waals surface area contributed by atoms with Crippen molar-refractivity contribution >= 4 is 210 Å². The number of nitro benzene ring substituents is 3. The van der Waals surface area contributed by atoms with Crippen LogP contribution in [0.2, 0.25) is 0 Å². The molecule has 0 unspecified atom stereocenters. The molecular formula is C117H83Br4N13O6. The van der Waals surface area contributed by atoms with Gasteiger partial charge < -0.3 is 30.7 Å². The van der Waals surface area contributed by atoms with E-state index in [1.165, 1.54) is 78.8 Å². The van der Waals surface area contributed by atoms with Crippen LogP contribution in [0, 0.1) is 44.2 Å². The molecule has 23 heteroatoms. The number of anilines is 15. The normalized spacial score (nSPS) is 12.0. The summed E-state index contributed by atoms with van der Waals surface area (Å²) in [6.07, 6.45) is 1.47. The van der Waals surface area contributed by atoms with E-state index in [1.807, 2.05) is 109 Å². The fraction of sp³-hybridized carbons (Fsp3) is 0.0427. The number of imidazole rings is 2. The number of aromatic nitrogens is 4. The number of hydrogen-bond acceptors (Lipinski definition) is 14. The third-order valence-corrected chi connectivity index (χ3v) is 27.6. The number of nitrogens with one attached hydrogen (secondary N) is 1. The van der Waals surface area contributed by atoms with E-state index in [9.17, 15) is 30.3 Å². The molecule has 2 aromatic heterocycles. The van der Waals surface area contributed by atoms with E-state index in [1.54, 1.807) is 24.3 Å².